The van der Waals surface area contributed by atoms with Gasteiger partial charge in [-0.05, 0) is 26.3 Å². The third-order valence-electron chi connectivity index (χ3n) is 3.03. The van der Waals surface area contributed by atoms with Crippen molar-refractivity contribution in [3.8, 4) is 0 Å². The average Bonchev–Trinajstić information content (AvgIpc) is 2.87. The Labute approximate surface area is 122 Å². The van der Waals surface area contributed by atoms with Gasteiger partial charge < -0.3 is 10.2 Å². The lowest BCUT2D eigenvalue weighted by atomic mass is 10.2. The van der Waals surface area contributed by atoms with Crippen molar-refractivity contribution in [3.05, 3.63) is 21.6 Å². The fourth-order valence-corrected chi connectivity index (χ4v) is 3.24. The highest BCUT2D eigenvalue weighted by Crippen LogP contribution is 2.23. The lowest BCUT2D eigenvalue weighted by Gasteiger charge is -2.15. The molecule has 1 aliphatic rings. The van der Waals surface area contributed by atoms with Gasteiger partial charge in [-0.2, -0.15) is 16.9 Å². The molecule has 0 aromatic carbocycles. The zero-order valence-electron chi connectivity index (χ0n) is 11.2. The van der Waals surface area contributed by atoms with Gasteiger partial charge in [-0.1, -0.05) is 11.6 Å². The SMILES string of the molecule is CN(C)CCn1ncc(NC2CCSC2)c(Cl)c1=O. The largest absolute Gasteiger partial charge is 0.379 e. The zero-order valence-corrected chi connectivity index (χ0v) is 12.8. The van der Waals surface area contributed by atoms with Crippen LogP contribution in [-0.4, -0.2) is 52.9 Å². The quantitative estimate of drug-likeness (QED) is 0.890. The first-order valence-electron chi connectivity index (χ1n) is 6.32. The van der Waals surface area contributed by atoms with Gasteiger partial charge in [-0.15, -0.1) is 0 Å². The maximum atomic E-state index is 12.1. The molecule has 2 rings (SSSR count). The molecule has 1 unspecified atom stereocenters. The fraction of sp³-hybridized carbons (Fsp3) is 0.667. The van der Waals surface area contributed by atoms with Gasteiger partial charge in [-0.3, -0.25) is 4.79 Å². The Bertz CT molecular complexity index is 485. The van der Waals surface area contributed by atoms with Gasteiger partial charge in [0.15, 0.2) is 0 Å². The van der Waals surface area contributed by atoms with Crippen molar-refractivity contribution in [1.29, 1.82) is 0 Å². The van der Waals surface area contributed by atoms with Gasteiger partial charge in [-0.25, -0.2) is 4.68 Å². The van der Waals surface area contributed by atoms with Crippen molar-refractivity contribution < 1.29 is 0 Å². The Morgan fingerprint density at radius 1 is 1.63 bits per heavy atom. The van der Waals surface area contributed by atoms with E-state index in [2.05, 4.69) is 10.4 Å². The first kappa shape index (κ1) is 14.7. The summed E-state index contributed by atoms with van der Waals surface area (Å²) in [5, 5.41) is 7.72. The van der Waals surface area contributed by atoms with E-state index in [1.807, 2.05) is 30.8 Å². The minimum Gasteiger partial charge on any atom is -0.379 e. The predicted octanol–water partition coefficient (Wildman–Crippen LogP) is 1.38. The molecule has 1 fully saturated rings. The molecule has 1 N–H and O–H groups in total. The summed E-state index contributed by atoms with van der Waals surface area (Å²) in [6.07, 6.45) is 2.76. The molecule has 1 aromatic rings. The Morgan fingerprint density at radius 3 is 3.05 bits per heavy atom. The van der Waals surface area contributed by atoms with E-state index < -0.39 is 0 Å². The van der Waals surface area contributed by atoms with Crippen molar-refractivity contribution in [2.75, 3.05) is 37.5 Å². The molecule has 1 atom stereocenters. The van der Waals surface area contributed by atoms with Crippen LogP contribution in [0.1, 0.15) is 6.42 Å². The monoisotopic (exact) mass is 302 g/mol. The molecule has 0 saturated carbocycles. The molecule has 0 radical (unpaired) electrons. The Balaban J connectivity index is 2.10. The smallest absolute Gasteiger partial charge is 0.287 e. The molecule has 5 nitrogen and oxygen atoms in total. The molecule has 106 valence electrons. The van der Waals surface area contributed by atoms with E-state index in [1.54, 1.807) is 6.20 Å². The van der Waals surface area contributed by atoms with Gasteiger partial charge in [0.2, 0.25) is 0 Å². The molecule has 1 aliphatic heterocycles. The van der Waals surface area contributed by atoms with E-state index in [-0.39, 0.29) is 10.6 Å². The van der Waals surface area contributed by atoms with Crippen LogP contribution in [0.4, 0.5) is 5.69 Å². The molecule has 19 heavy (non-hydrogen) atoms. The summed E-state index contributed by atoms with van der Waals surface area (Å²) in [5.74, 6) is 2.21. The van der Waals surface area contributed by atoms with E-state index in [9.17, 15) is 4.79 Å². The van der Waals surface area contributed by atoms with Crippen molar-refractivity contribution in [2.24, 2.45) is 0 Å². The van der Waals surface area contributed by atoms with Gasteiger partial charge in [0.05, 0.1) is 18.4 Å². The van der Waals surface area contributed by atoms with Crippen molar-refractivity contribution in [3.63, 3.8) is 0 Å². The standard InChI is InChI=1S/C12H19ClN4OS/c1-16(2)4-5-17-12(18)11(13)10(7-14-17)15-9-3-6-19-8-9/h7,9,15H,3-6,8H2,1-2H3. The molecule has 2 heterocycles. The van der Waals surface area contributed by atoms with Crippen LogP contribution in [0.3, 0.4) is 0 Å². The normalized spacial score (nSPS) is 19.1. The first-order chi connectivity index (χ1) is 9.08. The molecule has 0 aliphatic carbocycles. The number of likely N-dealkylation sites (N-methyl/N-ethyl adjacent to an activating group) is 1. The third-order valence-corrected chi connectivity index (χ3v) is 4.56. The van der Waals surface area contributed by atoms with Crippen LogP contribution < -0.4 is 10.9 Å². The number of nitrogens with zero attached hydrogens (tertiary/aromatic N) is 3. The van der Waals surface area contributed by atoms with Crippen LogP contribution in [0.5, 0.6) is 0 Å². The third kappa shape index (κ3) is 3.87. The number of hydrogen-bond acceptors (Lipinski definition) is 5. The highest BCUT2D eigenvalue weighted by molar-refractivity contribution is 7.99. The average molecular weight is 303 g/mol. The minimum absolute atomic E-state index is 0.223. The van der Waals surface area contributed by atoms with Crippen LogP contribution in [-0.2, 0) is 6.54 Å². The van der Waals surface area contributed by atoms with Gasteiger partial charge in [0, 0.05) is 18.3 Å². The Morgan fingerprint density at radius 2 is 2.42 bits per heavy atom. The maximum Gasteiger partial charge on any atom is 0.287 e. The molecule has 1 aromatic heterocycles. The second kappa shape index (κ2) is 6.63. The minimum atomic E-state index is -0.223. The summed E-state index contributed by atoms with van der Waals surface area (Å²) in [5.41, 5.74) is 0.430. The van der Waals surface area contributed by atoms with Crippen LogP contribution in [0.25, 0.3) is 0 Å². The summed E-state index contributed by atoms with van der Waals surface area (Å²) in [6, 6.07) is 0.390. The number of aromatic nitrogens is 2. The Hall–Kier alpha value is -0.720. The molecule has 7 heteroatoms. The Kier molecular flexibility index (Phi) is 5.13. The van der Waals surface area contributed by atoms with Gasteiger partial charge >= 0.3 is 0 Å². The first-order valence-corrected chi connectivity index (χ1v) is 7.86. The lowest BCUT2D eigenvalue weighted by Crippen LogP contribution is -2.30. The maximum absolute atomic E-state index is 12.1. The number of rotatable bonds is 5. The van der Waals surface area contributed by atoms with Crippen LogP contribution >= 0.6 is 23.4 Å². The van der Waals surface area contributed by atoms with Crippen LogP contribution in [0.2, 0.25) is 5.02 Å². The molecule has 1 saturated heterocycles. The summed E-state index contributed by atoms with van der Waals surface area (Å²) in [7, 11) is 3.92. The molecular formula is C12H19ClN4OS. The van der Waals surface area contributed by atoms with Crippen LogP contribution in [0, 0.1) is 0 Å². The molecule has 0 bridgehead atoms. The fourth-order valence-electron chi connectivity index (χ4n) is 1.89. The van der Waals surface area contributed by atoms with Crippen molar-refractivity contribution in [1.82, 2.24) is 14.7 Å². The highest BCUT2D eigenvalue weighted by Gasteiger charge is 2.18. The summed E-state index contributed by atoms with van der Waals surface area (Å²) >= 11 is 8.05. The van der Waals surface area contributed by atoms with Gasteiger partial charge in [0.1, 0.15) is 5.02 Å². The van der Waals surface area contributed by atoms with E-state index >= 15 is 0 Å². The van der Waals surface area contributed by atoms with E-state index in [0.29, 0.717) is 18.3 Å². The predicted molar refractivity (Wildman–Crippen MR) is 81.4 cm³/mol. The highest BCUT2D eigenvalue weighted by atomic mass is 35.5. The second-order valence-corrected chi connectivity index (χ2v) is 6.44. The van der Waals surface area contributed by atoms with Crippen LogP contribution in [0.15, 0.2) is 11.0 Å². The lowest BCUT2D eigenvalue weighted by molar-refractivity contribution is 0.367. The number of nitrogens with one attached hydrogen (secondary N) is 1. The summed E-state index contributed by atoms with van der Waals surface area (Å²) in [6.45, 7) is 1.31. The summed E-state index contributed by atoms with van der Waals surface area (Å²) in [4.78, 5) is 14.1. The molecule has 0 spiro atoms. The second-order valence-electron chi connectivity index (χ2n) is 4.91. The van der Waals surface area contributed by atoms with Crippen molar-refractivity contribution >= 4 is 29.1 Å². The summed E-state index contributed by atoms with van der Waals surface area (Å²) < 4.78 is 1.41. The number of thioether (sulfide) groups is 1. The number of anilines is 1. The topological polar surface area (TPSA) is 50.2 Å². The van der Waals surface area contributed by atoms with E-state index in [0.717, 1.165) is 24.5 Å². The van der Waals surface area contributed by atoms with Crippen molar-refractivity contribution in [2.45, 2.75) is 19.0 Å². The van der Waals surface area contributed by atoms with Gasteiger partial charge in [0.25, 0.3) is 5.56 Å². The number of halogens is 1. The number of hydrogen-bond donors (Lipinski definition) is 1. The van der Waals surface area contributed by atoms with E-state index in [1.165, 1.54) is 4.68 Å². The molecular weight excluding hydrogens is 284 g/mol. The van der Waals surface area contributed by atoms with E-state index in [4.69, 9.17) is 11.6 Å². The molecule has 0 amide bonds. The zero-order chi connectivity index (χ0) is 13.8.